The van der Waals surface area contributed by atoms with Crippen molar-refractivity contribution in [3.8, 4) is 0 Å². The molecule has 0 atom stereocenters. The number of carbonyl (C=O) groups excluding carboxylic acids is 1. The zero-order chi connectivity index (χ0) is 20.3. The molecule has 0 bridgehead atoms. The lowest BCUT2D eigenvalue weighted by atomic mass is 10.2. The summed E-state index contributed by atoms with van der Waals surface area (Å²) in [6, 6.07) is 12.9. The lowest BCUT2D eigenvalue weighted by Crippen LogP contribution is -2.22. The highest BCUT2D eigenvalue weighted by molar-refractivity contribution is 7.99. The molecule has 3 aromatic rings. The number of carbonyl (C=O) groups is 1. The van der Waals surface area contributed by atoms with Crippen LogP contribution in [0, 0.1) is 0 Å². The van der Waals surface area contributed by atoms with Crippen LogP contribution in [0.15, 0.2) is 63.4 Å². The predicted molar refractivity (Wildman–Crippen MR) is 109 cm³/mol. The molecule has 0 aliphatic carbocycles. The number of nitrogens with zero attached hydrogens (tertiary/aromatic N) is 2. The molecule has 0 unspecified atom stereocenters. The normalized spacial score (nSPS) is 11.7. The molecule has 3 rings (SSSR count). The van der Waals surface area contributed by atoms with Gasteiger partial charge in [0.2, 0.25) is 15.9 Å². The van der Waals surface area contributed by atoms with Gasteiger partial charge in [-0.05, 0) is 36.4 Å². The molecule has 1 amide bonds. The van der Waals surface area contributed by atoms with Crippen molar-refractivity contribution in [1.29, 1.82) is 0 Å². The second-order valence-corrected chi connectivity index (χ2v) is 9.15. The average Bonchev–Trinajstić information content (AvgIpc) is 2.67. The summed E-state index contributed by atoms with van der Waals surface area (Å²) in [5.74, 6) is -0.261. The Hall–Kier alpha value is -2.69. The Morgan fingerprint density at radius 2 is 1.82 bits per heavy atom. The molecular weight excluding hydrogens is 400 g/mol. The quantitative estimate of drug-likeness (QED) is 0.467. The van der Waals surface area contributed by atoms with Gasteiger partial charge in [0.25, 0.3) is 5.56 Å². The number of fused-ring (bicyclic) bond motifs is 1. The van der Waals surface area contributed by atoms with Gasteiger partial charge in [-0.25, -0.2) is 17.7 Å². The van der Waals surface area contributed by atoms with Gasteiger partial charge in [0.05, 0.1) is 21.6 Å². The van der Waals surface area contributed by atoms with Gasteiger partial charge in [0.1, 0.15) is 0 Å². The topological polar surface area (TPSA) is 112 Å². The van der Waals surface area contributed by atoms with Crippen molar-refractivity contribution in [2.24, 2.45) is 0 Å². The number of benzene rings is 2. The molecule has 10 heteroatoms. The second-order valence-electron chi connectivity index (χ2n) is 6.04. The van der Waals surface area contributed by atoms with E-state index in [1.54, 1.807) is 24.3 Å². The number of anilines is 1. The van der Waals surface area contributed by atoms with Gasteiger partial charge in [-0.3, -0.25) is 9.59 Å². The minimum atomic E-state index is -3.52. The summed E-state index contributed by atoms with van der Waals surface area (Å²) < 4.78 is 25.2. The van der Waals surface area contributed by atoms with Crippen LogP contribution < -0.4 is 10.9 Å². The standard InChI is InChI=1S/C18H18N4O4S2/c1-22(2)28(25,26)13-9-7-12(8-10-13)19-16(23)11-27-18-20-15-6-4-3-5-14(15)17(24)21-18/h3-10H,11H2,1-2H3,(H,19,23)(H,20,21,24). The number of para-hydroxylation sites is 1. The van der Waals surface area contributed by atoms with Gasteiger partial charge < -0.3 is 10.3 Å². The maximum absolute atomic E-state index is 12.1. The van der Waals surface area contributed by atoms with Gasteiger partial charge in [-0.1, -0.05) is 23.9 Å². The van der Waals surface area contributed by atoms with Crippen LogP contribution in [-0.4, -0.2) is 48.4 Å². The lowest BCUT2D eigenvalue weighted by molar-refractivity contribution is -0.113. The van der Waals surface area contributed by atoms with Gasteiger partial charge in [0, 0.05) is 19.8 Å². The molecule has 2 aromatic carbocycles. The van der Waals surface area contributed by atoms with Crippen molar-refractivity contribution in [3.63, 3.8) is 0 Å². The van der Waals surface area contributed by atoms with Gasteiger partial charge >= 0.3 is 0 Å². The van der Waals surface area contributed by atoms with Gasteiger partial charge in [-0.15, -0.1) is 0 Å². The molecule has 1 heterocycles. The molecule has 0 fully saturated rings. The third kappa shape index (κ3) is 4.41. The van der Waals surface area contributed by atoms with Crippen LogP contribution in [0.4, 0.5) is 5.69 Å². The fourth-order valence-corrected chi connectivity index (χ4v) is 3.95. The molecule has 0 aliphatic rings. The fraction of sp³-hybridized carbons (Fsp3) is 0.167. The van der Waals surface area contributed by atoms with E-state index in [9.17, 15) is 18.0 Å². The lowest BCUT2D eigenvalue weighted by Gasteiger charge is -2.12. The highest BCUT2D eigenvalue weighted by atomic mass is 32.2. The van der Waals surface area contributed by atoms with Crippen LogP contribution in [-0.2, 0) is 14.8 Å². The van der Waals surface area contributed by atoms with E-state index in [0.717, 1.165) is 16.1 Å². The summed E-state index contributed by atoms with van der Waals surface area (Å²) >= 11 is 1.11. The smallest absolute Gasteiger partial charge is 0.259 e. The van der Waals surface area contributed by atoms with Gasteiger partial charge in [0.15, 0.2) is 5.16 Å². The zero-order valence-electron chi connectivity index (χ0n) is 15.2. The molecule has 0 radical (unpaired) electrons. The van der Waals surface area contributed by atoms with Crippen LogP contribution >= 0.6 is 11.8 Å². The van der Waals surface area contributed by atoms with Crippen molar-refractivity contribution in [2.45, 2.75) is 10.1 Å². The van der Waals surface area contributed by atoms with Crippen molar-refractivity contribution in [2.75, 3.05) is 25.2 Å². The molecular formula is C18H18N4O4S2. The Balaban J connectivity index is 1.64. The Kier molecular flexibility index (Phi) is 5.82. The van der Waals surface area contributed by atoms with E-state index < -0.39 is 10.0 Å². The van der Waals surface area contributed by atoms with E-state index in [2.05, 4.69) is 15.3 Å². The number of rotatable bonds is 6. The molecule has 2 N–H and O–H groups in total. The molecule has 0 saturated heterocycles. The molecule has 0 spiro atoms. The van der Waals surface area contributed by atoms with Crippen molar-refractivity contribution in [1.82, 2.24) is 14.3 Å². The summed E-state index contributed by atoms with van der Waals surface area (Å²) in [6.07, 6.45) is 0. The Bertz CT molecular complexity index is 1170. The van der Waals surface area contributed by atoms with Crippen LogP contribution in [0.1, 0.15) is 0 Å². The molecule has 8 nitrogen and oxygen atoms in total. The van der Waals surface area contributed by atoms with E-state index in [0.29, 0.717) is 21.7 Å². The first-order valence-electron chi connectivity index (χ1n) is 8.21. The van der Waals surface area contributed by atoms with Gasteiger partial charge in [-0.2, -0.15) is 0 Å². The summed E-state index contributed by atoms with van der Waals surface area (Å²) in [4.78, 5) is 31.3. The number of hydrogen-bond acceptors (Lipinski definition) is 6. The summed E-state index contributed by atoms with van der Waals surface area (Å²) in [5.41, 5.74) is 0.779. The molecule has 1 aromatic heterocycles. The molecule has 146 valence electrons. The van der Waals surface area contributed by atoms with Crippen molar-refractivity contribution in [3.05, 3.63) is 58.9 Å². The van der Waals surface area contributed by atoms with E-state index in [4.69, 9.17) is 0 Å². The van der Waals surface area contributed by atoms with Crippen molar-refractivity contribution < 1.29 is 13.2 Å². The van der Waals surface area contributed by atoms with Crippen LogP contribution in [0.2, 0.25) is 0 Å². The predicted octanol–water partition coefficient (Wildman–Crippen LogP) is 1.90. The van der Waals surface area contributed by atoms with Crippen LogP contribution in [0.25, 0.3) is 10.9 Å². The maximum atomic E-state index is 12.1. The highest BCUT2D eigenvalue weighted by Crippen LogP contribution is 2.18. The molecule has 0 saturated carbocycles. The summed E-state index contributed by atoms with van der Waals surface area (Å²) in [6.45, 7) is 0. The number of H-pyrrole nitrogens is 1. The second kappa shape index (κ2) is 8.13. The highest BCUT2D eigenvalue weighted by Gasteiger charge is 2.16. The van der Waals surface area contributed by atoms with E-state index in [1.165, 1.54) is 38.4 Å². The average molecular weight is 419 g/mol. The first-order valence-corrected chi connectivity index (χ1v) is 10.6. The number of nitrogens with one attached hydrogen (secondary N) is 2. The number of amides is 1. The van der Waals surface area contributed by atoms with E-state index in [-0.39, 0.29) is 22.1 Å². The number of thioether (sulfide) groups is 1. The number of hydrogen-bond donors (Lipinski definition) is 2. The zero-order valence-corrected chi connectivity index (χ0v) is 16.8. The third-order valence-electron chi connectivity index (χ3n) is 3.85. The Labute approximate surface area is 166 Å². The molecule has 28 heavy (non-hydrogen) atoms. The number of aromatic nitrogens is 2. The monoisotopic (exact) mass is 418 g/mol. The minimum Gasteiger partial charge on any atom is -0.325 e. The first kappa shape index (κ1) is 20.1. The third-order valence-corrected chi connectivity index (χ3v) is 6.55. The van der Waals surface area contributed by atoms with Crippen LogP contribution in [0.3, 0.4) is 0 Å². The van der Waals surface area contributed by atoms with E-state index in [1.807, 2.05) is 0 Å². The minimum absolute atomic E-state index is 0.0407. The van der Waals surface area contributed by atoms with Crippen LogP contribution in [0.5, 0.6) is 0 Å². The van der Waals surface area contributed by atoms with Crippen molar-refractivity contribution >= 4 is 44.3 Å². The Morgan fingerprint density at radius 1 is 1.14 bits per heavy atom. The summed E-state index contributed by atoms with van der Waals surface area (Å²) in [7, 11) is -0.612. The maximum Gasteiger partial charge on any atom is 0.259 e. The largest absolute Gasteiger partial charge is 0.325 e. The number of aromatic amines is 1. The van der Waals surface area contributed by atoms with E-state index >= 15 is 0 Å². The molecule has 0 aliphatic heterocycles. The summed E-state index contributed by atoms with van der Waals surface area (Å²) in [5, 5.41) is 3.53. The fourth-order valence-electron chi connectivity index (χ4n) is 2.39. The number of sulfonamides is 1. The Morgan fingerprint density at radius 3 is 2.50 bits per heavy atom. The first-order chi connectivity index (χ1) is 13.3. The SMILES string of the molecule is CN(C)S(=O)(=O)c1ccc(NC(=O)CSc2nc3ccccc3c(=O)[nH]2)cc1.